The van der Waals surface area contributed by atoms with E-state index in [0.29, 0.717) is 13.1 Å². The average molecular weight is 352 g/mol. The molecule has 1 aliphatic carbocycles. The summed E-state index contributed by atoms with van der Waals surface area (Å²) in [7, 11) is 0. The highest BCUT2D eigenvalue weighted by molar-refractivity contribution is 5.89. The molecule has 2 atom stereocenters. The van der Waals surface area contributed by atoms with Crippen LogP contribution in [0.5, 0.6) is 0 Å². The number of carbonyl (C=O) groups is 1. The lowest BCUT2D eigenvalue weighted by atomic mass is 9.77. The summed E-state index contributed by atoms with van der Waals surface area (Å²) in [5.41, 5.74) is 8.02. The van der Waals surface area contributed by atoms with Crippen molar-refractivity contribution in [3.63, 3.8) is 0 Å². The average Bonchev–Trinajstić information content (AvgIpc) is 3.30. The summed E-state index contributed by atoms with van der Waals surface area (Å²) in [5.74, 6) is 0.0731. The second-order valence-electron chi connectivity index (χ2n) is 7.69. The normalized spacial score (nSPS) is 24.8. The van der Waals surface area contributed by atoms with Crippen LogP contribution in [-0.2, 0) is 10.2 Å². The Kier molecular flexibility index (Phi) is 4.53. The van der Waals surface area contributed by atoms with Crippen LogP contribution < -0.4 is 5.73 Å². The molecular formula is C22H25FN2O. The van der Waals surface area contributed by atoms with Gasteiger partial charge in [-0.1, -0.05) is 55.3 Å². The van der Waals surface area contributed by atoms with Crippen molar-refractivity contribution in [2.45, 2.75) is 43.1 Å². The number of rotatable bonds is 3. The fourth-order valence-electron chi connectivity index (χ4n) is 4.72. The van der Waals surface area contributed by atoms with Crippen LogP contribution in [0.25, 0.3) is 0 Å². The van der Waals surface area contributed by atoms with Crippen molar-refractivity contribution in [1.29, 1.82) is 0 Å². The number of halogens is 1. The molecule has 1 saturated heterocycles. The van der Waals surface area contributed by atoms with Crippen LogP contribution in [0.3, 0.4) is 0 Å². The maximum atomic E-state index is 13.6. The smallest absolute Gasteiger partial charge is 0.233 e. The van der Waals surface area contributed by atoms with Crippen LogP contribution in [0, 0.1) is 5.82 Å². The van der Waals surface area contributed by atoms with Gasteiger partial charge in [0.05, 0.1) is 5.41 Å². The van der Waals surface area contributed by atoms with Crippen LogP contribution in [0.4, 0.5) is 4.39 Å². The number of carbonyl (C=O) groups excluding carboxylic acids is 1. The molecule has 4 heteroatoms. The molecule has 26 heavy (non-hydrogen) atoms. The highest BCUT2D eigenvalue weighted by Crippen LogP contribution is 2.44. The topological polar surface area (TPSA) is 46.3 Å². The first kappa shape index (κ1) is 17.2. The molecule has 1 aliphatic heterocycles. The third-order valence-corrected chi connectivity index (χ3v) is 6.14. The number of hydrogen-bond donors (Lipinski definition) is 1. The largest absolute Gasteiger partial charge is 0.340 e. The standard InChI is InChI=1S/C22H25FN2O/c23-18-10-8-17(9-11-18)22(12-4-5-13-22)21(26)25-14-19(20(24)15-25)16-6-2-1-3-7-16/h1-3,6-11,19-20H,4-5,12-15,24H2/t19-,20+/m0/s1. The van der Waals surface area contributed by atoms with Gasteiger partial charge in [-0.3, -0.25) is 4.79 Å². The maximum Gasteiger partial charge on any atom is 0.233 e. The zero-order chi connectivity index (χ0) is 18.1. The van der Waals surface area contributed by atoms with Crippen molar-refractivity contribution in [2.75, 3.05) is 13.1 Å². The quantitative estimate of drug-likeness (QED) is 0.918. The highest BCUT2D eigenvalue weighted by atomic mass is 19.1. The van der Waals surface area contributed by atoms with Gasteiger partial charge in [-0.25, -0.2) is 4.39 Å². The molecule has 1 heterocycles. The van der Waals surface area contributed by atoms with Crippen LogP contribution >= 0.6 is 0 Å². The predicted molar refractivity (Wildman–Crippen MR) is 100 cm³/mol. The van der Waals surface area contributed by atoms with E-state index in [1.807, 2.05) is 23.1 Å². The Morgan fingerprint density at radius 3 is 2.31 bits per heavy atom. The fourth-order valence-corrected chi connectivity index (χ4v) is 4.72. The van der Waals surface area contributed by atoms with Crippen LogP contribution in [0.2, 0.25) is 0 Å². The van der Waals surface area contributed by atoms with Gasteiger partial charge in [-0.05, 0) is 36.1 Å². The van der Waals surface area contributed by atoms with Crippen molar-refractivity contribution in [2.24, 2.45) is 5.73 Å². The molecule has 2 aliphatic rings. The summed E-state index contributed by atoms with van der Waals surface area (Å²) in [6.45, 7) is 1.24. The number of likely N-dealkylation sites (tertiary alicyclic amines) is 1. The lowest BCUT2D eigenvalue weighted by Gasteiger charge is -2.33. The Morgan fingerprint density at radius 1 is 1.00 bits per heavy atom. The Hall–Kier alpha value is -2.20. The van der Waals surface area contributed by atoms with E-state index in [9.17, 15) is 9.18 Å². The van der Waals surface area contributed by atoms with Gasteiger partial charge in [-0.15, -0.1) is 0 Å². The molecule has 0 bridgehead atoms. The minimum atomic E-state index is -0.515. The van der Waals surface area contributed by atoms with E-state index in [1.165, 1.54) is 17.7 Å². The summed E-state index contributed by atoms with van der Waals surface area (Å²) in [6, 6.07) is 16.6. The summed E-state index contributed by atoms with van der Waals surface area (Å²) in [6.07, 6.45) is 3.73. The van der Waals surface area contributed by atoms with Gasteiger partial charge >= 0.3 is 0 Å². The van der Waals surface area contributed by atoms with Gasteiger partial charge in [0.1, 0.15) is 5.82 Å². The predicted octanol–water partition coefficient (Wildman–Crippen LogP) is 3.59. The number of nitrogens with zero attached hydrogens (tertiary/aromatic N) is 1. The fraction of sp³-hybridized carbons (Fsp3) is 0.409. The Balaban J connectivity index is 1.60. The molecule has 1 saturated carbocycles. The first-order valence-corrected chi connectivity index (χ1v) is 9.46. The molecule has 136 valence electrons. The number of benzene rings is 2. The molecule has 2 fully saturated rings. The van der Waals surface area contributed by atoms with E-state index < -0.39 is 5.41 Å². The molecule has 0 aromatic heterocycles. The van der Waals surface area contributed by atoms with E-state index in [0.717, 1.165) is 31.2 Å². The Bertz CT molecular complexity index is 768. The van der Waals surface area contributed by atoms with Gasteiger partial charge in [0.15, 0.2) is 0 Å². The van der Waals surface area contributed by atoms with Crippen LogP contribution in [-0.4, -0.2) is 29.9 Å². The van der Waals surface area contributed by atoms with E-state index in [2.05, 4.69) is 12.1 Å². The number of amides is 1. The van der Waals surface area contributed by atoms with Crippen molar-refractivity contribution in [3.8, 4) is 0 Å². The van der Waals surface area contributed by atoms with Crippen molar-refractivity contribution < 1.29 is 9.18 Å². The SMILES string of the molecule is N[C@@H]1CN(C(=O)C2(c3ccc(F)cc3)CCCC2)C[C@H]1c1ccccc1. The van der Waals surface area contributed by atoms with E-state index in [-0.39, 0.29) is 23.7 Å². The highest BCUT2D eigenvalue weighted by Gasteiger charge is 2.47. The first-order valence-electron chi connectivity index (χ1n) is 9.46. The molecule has 1 amide bonds. The van der Waals surface area contributed by atoms with Gasteiger partial charge < -0.3 is 10.6 Å². The molecule has 0 radical (unpaired) electrons. The summed E-state index contributed by atoms with van der Waals surface area (Å²) in [4.78, 5) is 15.5. The van der Waals surface area contributed by atoms with Crippen molar-refractivity contribution in [1.82, 2.24) is 4.90 Å². The molecule has 2 aromatic carbocycles. The summed E-state index contributed by atoms with van der Waals surface area (Å²) < 4.78 is 13.4. The first-order chi connectivity index (χ1) is 12.6. The number of nitrogens with two attached hydrogens (primary N) is 1. The Morgan fingerprint density at radius 2 is 1.65 bits per heavy atom. The second kappa shape index (κ2) is 6.84. The second-order valence-corrected chi connectivity index (χ2v) is 7.69. The zero-order valence-corrected chi connectivity index (χ0v) is 14.9. The van der Waals surface area contributed by atoms with E-state index in [1.54, 1.807) is 12.1 Å². The molecule has 0 unspecified atom stereocenters. The summed E-state index contributed by atoms with van der Waals surface area (Å²) in [5, 5.41) is 0. The lowest BCUT2D eigenvalue weighted by molar-refractivity contribution is -0.136. The van der Waals surface area contributed by atoms with Gasteiger partial charge in [0.25, 0.3) is 0 Å². The van der Waals surface area contributed by atoms with Crippen molar-refractivity contribution in [3.05, 3.63) is 71.5 Å². The van der Waals surface area contributed by atoms with Crippen LogP contribution in [0.15, 0.2) is 54.6 Å². The van der Waals surface area contributed by atoms with E-state index in [4.69, 9.17) is 5.73 Å². The lowest BCUT2D eigenvalue weighted by Crippen LogP contribution is -2.45. The minimum absolute atomic E-state index is 0.0481. The molecule has 0 spiro atoms. The number of hydrogen-bond acceptors (Lipinski definition) is 2. The third kappa shape index (κ3) is 2.92. The Labute approximate surface area is 154 Å². The minimum Gasteiger partial charge on any atom is -0.340 e. The molecule has 3 nitrogen and oxygen atoms in total. The van der Waals surface area contributed by atoms with Gasteiger partial charge in [-0.2, -0.15) is 0 Å². The van der Waals surface area contributed by atoms with Gasteiger partial charge in [0.2, 0.25) is 5.91 Å². The molecule has 4 rings (SSSR count). The van der Waals surface area contributed by atoms with Crippen LogP contribution in [0.1, 0.15) is 42.7 Å². The molecule has 2 aromatic rings. The third-order valence-electron chi connectivity index (χ3n) is 6.14. The van der Waals surface area contributed by atoms with Crippen molar-refractivity contribution >= 4 is 5.91 Å². The van der Waals surface area contributed by atoms with E-state index >= 15 is 0 Å². The summed E-state index contributed by atoms with van der Waals surface area (Å²) >= 11 is 0. The maximum absolute atomic E-state index is 13.6. The molecular weight excluding hydrogens is 327 g/mol. The monoisotopic (exact) mass is 352 g/mol. The van der Waals surface area contributed by atoms with Gasteiger partial charge in [0, 0.05) is 25.0 Å². The molecule has 2 N–H and O–H groups in total. The zero-order valence-electron chi connectivity index (χ0n) is 14.9.